The van der Waals surface area contributed by atoms with Gasteiger partial charge in [-0.25, -0.2) is 4.98 Å². The van der Waals surface area contributed by atoms with Gasteiger partial charge in [0.25, 0.3) is 5.82 Å². The van der Waals surface area contributed by atoms with Gasteiger partial charge in [0, 0.05) is 10.4 Å². The van der Waals surface area contributed by atoms with Crippen LogP contribution in [0.5, 0.6) is 0 Å². The average Bonchev–Trinajstić information content (AvgIpc) is 2.63. The van der Waals surface area contributed by atoms with E-state index >= 15 is 0 Å². The quantitative estimate of drug-likeness (QED) is 0.879. The van der Waals surface area contributed by atoms with E-state index in [0.717, 1.165) is 19.9 Å². The predicted octanol–water partition coefficient (Wildman–Crippen LogP) is 2.75. The number of rotatable bonds is 1. The molecule has 0 radical (unpaired) electrons. The van der Waals surface area contributed by atoms with Crippen LogP contribution in [0, 0.1) is 18.3 Å². The first-order valence-electron chi connectivity index (χ1n) is 4.60. The van der Waals surface area contributed by atoms with Crippen LogP contribution in [0.25, 0.3) is 10.4 Å². The Labute approximate surface area is 106 Å². The highest BCUT2D eigenvalue weighted by Crippen LogP contribution is 2.34. The molecule has 0 saturated carbocycles. The van der Waals surface area contributed by atoms with Crippen LogP contribution in [0.1, 0.15) is 11.3 Å². The van der Waals surface area contributed by atoms with Crippen LogP contribution in [0.2, 0.25) is 0 Å². The fraction of sp³-hybridized carbons (Fsp3) is 0.0909. The highest BCUT2D eigenvalue weighted by atomic mass is 79.9. The number of nitrogen functional groups attached to an aromatic ring is 1. The number of nitrogens with one attached hydrogen (secondary N) is 1. The van der Waals surface area contributed by atoms with E-state index in [9.17, 15) is 0 Å². The van der Waals surface area contributed by atoms with Crippen molar-refractivity contribution in [2.24, 2.45) is 0 Å². The fourth-order valence-corrected chi connectivity index (χ4v) is 2.93. The summed E-state index contributed by atoms with van der Waals surface area (Å²) < 4.78 is 1.04. The molecular formula is C11H9BrN3S+. The molecule has 2 aromatic heterocycles. The smallest absolute Gasteiger partial charge is 0.286 e. The summed E-state index contributed by atoms with van der Waals surface area (Å²) in [6.07, 6.45) is 0. The number of hydrogen-bond donors (Lipinski definition) is 1. The number of nitrogens with zero attached hydrogens (tertiary/aromatic N) is 1. The summed E-state index contributed by atoms with van der Waals surface area (Å²) in [6, 6.07) is 8.01. The number of thiophene rings is 1. The monoisotopic (exact) mass is 294 g/mol. The molecule has 2 heterocycles. The minimum atomic E-state index is 0.419. The lowest BCUT2D eigenvalue weighted by Crippen LogP contribution is -2.16. The van der Waals surface area contributed by atoms with Gasteiger partial charge in [-0.1, -0.05) is 0 Å². The van der Waals surface area contributed by atoms with Crippen LogP contribution in [-0.4, -0.2) is 0 Å². The second-order valence-corrected chi connectivity index (χ2v) is 5.83. The number of hydrogen-bond acceptors (Lipinski definition) is 3. The van der Waals surface area contributed by atoms with E-state index in [1.54, 1.807) is 11.3 Å². The Morgan fingerprint density at radius 1 is 1.50 bits per heavy atom. The number of anilines is 1. The molecule has 0 saturated heterocycles. The van der Waals surface area contributed by atoms with E-state index in [0.29, 0.717) is 11.4 Å². The molecule has 0 unspecified atom stereocenters. The van der Waals surface area contributed by atoms with Crippen LogP contribution in [0.4, 0.5) is 5.82 Å². The number of H-pyrrole nitrogens is 1. The van der Waals surface area contributed by atoms with Crippen LogP contribution < -0.4 is 10.7 Å². The SMILES string of the molecule is Cc1cc(-c2ccc(Br)s2)c(C#N)c(N)[nH+]1. The summed E-state index contributed by atoms with van der Waals surface area (Å²) in [6.45, 7) is 1.92. The van der Waals surface area contributed by atoms with Gasteiger partial charge in [-0.05, 0) is 41.1 Å². The van der Waals surface area contributed by atoms with E-state index in [-0.39, 0.29) is 0 Å². The Morgan fingerprint density at radius 3 is 2.81 bits per heavy atom. The number of aryl methyl sites for hydroxylation is 1. The lowest BCUT2D eigenvalue weighted by atomic mass is 10.1. The molecule has 0 aliphatic heterocycles. The lowest BCUT2D eigenvalue weighted by Gasteiger charge is -2.01. The van der Waals surface area contributed by atoms with Gasteiger partial charge >= 0.3 is 0 Å². The van der Waals surface area contributed by atoms with Crippen LogP contribution >= 0.6 is 27.3 Å². The van der Waals surface area contributed by atoms with Crippen molar-refractivity contribution >= 4 is 33.1 Å². The predicted molar refractivity (Wildman–Crippen MR) is 67.9 cm³/mol. The molecule has 0 spiro atoms. The topological polar surface area (TPSA) is 64.0 Å². The van der Waals surface area contributed by atoms with E-state index in [2.05, 4.69) is 27.0 Å². The second kappa shape index (κ2) is 4.24. The molecule has 2 aromatic rings. The Kier molecular flexibility index (Phi) is 2.95. The summed E-state index contributed by atoms with van der Waals surface area (Å²) >= 11 is 4.99. The zero-order valence-corrected chi connectivity index (χ0v) is 10.9. The Morgan fingerprint density at radius 2 is 2.25 bits per heavy atom. The van der Waals surface area contributed by atoms with E-state index in [1.165, 1.54) is 0 Å². The van der Waals surface area contributed by atoms with Crippen molar-refractivity contribution in [3.8, 4) is 16.5 Å². The Balaban J connectivity index is 2.69. The van der Waals surface area contributed by atoms with Crippen molar-refractivity contribution in [3.05, 3.63) is 33.2 Å². The van der Waals surface area contributed by atoms with Gasteiger partial charge in [-0.2, -0.15) is 5.26 Å². The zero-order chi connectivity index (χ0) is 11.7. The van der Waals surface area contributed by atoms with Crippen LogP contribution in [-0.2, 0) is 0 Å². The van der Waals surface area contributed by atoms with Crippen molar-refractivity contribution in [3.63, 3.8) is 0 Å². The maximum atomic E-state index is 9.10. The van der Waals surface area contributed by atoms with Crippen molar-refractivity contribution in [1.29, 1.82) is 5.26 Å². The first-order chi connectivity index (χ1) is 7.61. The first-order valence-corrected chi connectivity index (χ1v) is 6.21. The number of aromatic amines is 1. The molecular weight excluding hydrogens is 286 g/mol. The highest BCUT2D eigenvalue weighted by Gasteiger charge is 2.15. The third kappa shape index (κ3) is 1.94. The summed E-state index contributed by atoms with van der Waals surface area (Å²) in [5.74, 6) is 0.419. The van der Waals surface area contributed by atoms with Gasteiger partial charge in [0.1, 0.15) is 11.6 Å². The summed E-state index contributed by atoms with van der Waals surface area (Å²) in [5, 5.41) is 9.10. The summed E-state index contributed by atoms with van der Waals surface area (Å²) in [4.78, 5) is 3.99. The third-order valence-corrected chi connectivity index (χ3v) is 3.84. The van der Waals surface area contributed by atoms with Gasteiger partial charge < -0.3 is 0 Å². The minimum Gasteiger partial charge on any atom is -0.286 e. The second-order valence-electron chi connectivity index (χ2n) is 3.37. The van der Waals surface area contributed by atoms with Crippen molar-refractivity contribution in [2.75, 3.05) is 5.73 Å². The zero-order valence-electron chi connectivity index (χ0n) is 8.54. The van der Waals surface area contributed by atoms with Gasteiger partial charge in [0.2, 0.25) is 0 Å². The van der Waals surface area contributed by atoms with Crippen LogP contribution in [0.15, 0.2) is 22.0 Å². The molecule has 0 aliphatic rings. The van der Waals surface area contributed by atoms with Crippen LogP contribution in [0.3, 0.4) is 0 Å². The first kappa shape index (κ1) is 11.1. The largest absolute Gasteiger partial charge is 0.289 e. The van der Waals surface area contributed by atoms with Gasteiger partial charge in [0.05, 0.1) is 9.48 Å². The average molecular weight is 295 g/mol. The molecule has 0 aromatic carbocycles. The highest BCUT2D eigenvalue weighted by molar-refractivity contribution is 9.11. The number of halogens is 1. The molecule has 2 rings (SSSR count). The van der Waals surface area contributed by atoms with Crippen molar-refractivity contribution in [2.45, 2.75) is 6.92 Å². The lowest BCUT2D eigenvalue weighted by molar-refractivity contribution is -0.370. The molecule has 3 nitrogen and oxygen atoms in total. The summed E-state index contributed by atoms with van der Waals surface area (Å²) in [7, 11) is 0. The molecule has 0 bridgehead atoms. The normalized spacial score (nSPS) is 10.1. The Hall–Kier alpha value is -1.38. The third-order valence-electron chi connectivity index (χ3n) is 2.18. The number of nitrogens with two attached hydrogens (primary N) is 1. The molecule has 80 valence electrons. The number of pyridine rings is 1. The van der Waals surface area contributed by atoms with Crippen molar-refractivity contribution in [1.82, 2.24) is 0 Å². The molecule has 0 atom stereocenters. The Bertz CT molecular complexity index is 583. The fourth-order valence-electron chi connectivity index (χ4n) is 1.52. The summed E-state index contributed by atoms with van der Waals surface area (Å²) in [5.41, 5.74) is 8.11. The number of nitriles is 1. The molecule has 0 fully saturated rings. The van der Waals surface area contributed by atoms with E-state index in [4.69, 9.17) is 11.0 Å². The van der Waals surface area contributed by atoms with Crippen molar-refractivity contribution < 1.29 is 4.98 Å². The standard InChI is InChI=1S/C11H8BrN3S/c1-6-4-7(8(5-13)11(14)15-6)9-2-3-10(12)16-9/h2-4H,1H3,(H2,14,15)/p+1. The van der Waals surface area contributed by atoms with Gasteiger partial charge in [-0.3, -0.25) is 5.73 Å². The molecule has 0 amide bonds. The van der Waals surface area contributed by atoms with Gasteiger partial charge in [0.15, 0.2) is 0 Å². The van der Waals surface area contributed by atoms with E-state index < -0.39 is 0 Å². The molecule has 16 heavy (non-hydrogen) atoms. The van der Waals surface area contributed by atoms with E-state index in [1.807, 2.05) is 25.1 Å². The molecule has 5 heteroatoms. The minimum absolute atomic E-state index is 0.419. The van der Waals surface area contributed by atoms with Gasteiger partial charge in [-0.15, -0.1) is 11.3 Å². The molecule has 0 aliphatic carbocycles. The maximum absolute atomic E-state index is 9.10. The molecule has 3 N–H and O–H groups in total. The number of aromatic nitrogens is 1. The maximum Gasteiger partial charge on any atom is 0.289 e.